The smallest absolute Gasteiger partial charge is 0.348 e. The van der Waals surface area contributed by atoms with Gasteiger partial charge in [0.2, 0.25) is 0 Å². The highest BCUT2D eigenvalue weighted by molar-refractivity contribution is 5.54. The highest BCUT2D eigenvalue weighted by Crippen LogP contribution is 2.31. The van der Waals surface area contributed by atoms with Crippen molar-refractivity contribution in [2.45, 2.75) is 31.4 Å². The average Bonchev–Trinajstić information content (AvgIpc) is 2.74. The van der Waals surface area contributed by atoms with Crippen molar-refractivity contribution in [3.8, 4) is 11.9 Å². The van der Waals surface area contributed by atoms with E-state index in [0.29, 0.717) is 0 Å². The molecule has 0 amide bonds. The molecule has 2 rings (SSSR count). The quantitative estimate of drug-likeness (QED) is 0.633. The number of nitriles is 1. The molecule has 1 saturated carbocycles. The zero-order valence-corrected chi connectivity index (χ0v) is 9.57. The Kier molecular flexibility index (Phi) is 3.39. The van der Waals surface area contributed by atoms with Crippen LogP contribution >= 0.6 is 0 Å². The van der Waals surface area contributed by atoms with Crippen molar-refractivity contribution in [2.75, 3.05) is 0 Å². The third-order valence-corrected chi connectivity index (χ3v) is 2.96. The third kappa shape index (κ3) is 2.24. The van der Waals surface area contributed by atoms with E-state index in [1.165, 1.54) is 12.3 Å². The first-order valence-corrected chi connectivity index (χ1v) is 5.59. The van der Waals surface area contributed by atoms with Crippen molar-refractivity contribution in [1.82, 2.24) is 4.98 Å². The number of aromatic nitrogens is 1. The summed E-state index contributed by atoms with van der Waals surface area (Å²) in [6.07, 6.45) is 3.55. The number of nitrogens with zero attached hydrogens (tertiary/aromatic N) is 3. The Morgan fingerprint density at radius 2 is 2.39 bits per heavy atom. The molecular weight excluding hydrogens is 236 g/mol. The van der Waals surface area contributed by atoms with E-state index in [1.54, 1.807) is 6.07 Å². The standard InChI is InChI=1S/C11H12N4O3/c12-6-7-4-5-14-11(10(7)15(16)17)18-9-3-1-2-8(9)13/h4-5,8-9H,1-3,13H2. The Balaban J connectivity index is 2.33. The van der Waals surface area contributed by atoms with Gasteiger partial charge < -0.3 is 10.5 Å². The number of rotatable bonds is 3. The Labute approximate surface area is 103 Å². The molecule has 0 spiro atoms. The molecule has 7 nitrogen and oxygen atoms in total. The molecule has 1 aromatic heterocycles. The van der Waals surface area contributed by atoms with Gasteiger partial charge in [0.1, 0.15) is 17.7 Å². The lowest BCUT2D eigenvalue weighted by molar-refractivity contribution is -0.386. The van der Waals surface area contributed by atoms with Crippen LogP contribution in [0.1, 0.15) is 24.8 Å². The molecule has 18 heavy (non-hydrogen) atoms. The number of hydrogen-bond acceptors (Lipinski definition) is 6. The van der Waals surface area contributed by atoms with Gasteiger partial charge in [-0.05, 0) is 25.3 Å². The molecule has 0 aromatic carbocycles. The molecule has 0 saturated heterocycles. The van der Waals surface area contributed by atoms with Crippen LogP contribution in [0.25, 0.3) is 0 Å². The van der Waals surface area contributed by atoms with Crippen LogP contribution in [-0.2, 0) is 0 Å². The molecule has 94 valence electrons. The maximum atomic E-state index is 11.0. The van der Waals surface area contributed by atoms with E-state index < -0.39 is 4.92 Å². The Morgan fingerprint density at radius 3 is 2.94 bits per heavy atom. The van der Waals surface area contributed by atoms with Crippen LogP contribution in [0.15, 0.2) is 12.3 Å². The normalized spacial score (nSPS) is 22.4. The minimum Gasteiger partial charge on any atom is -0.468 e. The first kappa shape index (κ1) is 12.3. The van der Waals surface area contributed by atoms with Gasteiger partial charge in [0.05, 0.1) is 4.92 Å². The van der Waals surface area contributed by atoms with E-state index >= 15 is 0 Å². The first-order valence-electron chi connectivity index (χ1n) is 5.59. The van der Waals surface area contributed by atoms with E-state index in [-0.39, 0.29) is 29.3 Å². The molecule has 1 fully saturated rings. The maximum Gasteiger partial charge on any atom is 0.348 e. The van der Waals surface area contributed by atoms with E-state index in [0.717, 1.165) is 19.3 Å². The molecule has 2 N–H and O–H groups in total. The topological polar surface area (TPSA) is 115 Å². The van der Waals surface area contributed by atoms with Crippen molar-refractivity contribution in [1.29, 1.82) is 5.26 Å². The van der Waals surface area contributed by atoms with Crippen LogP contribution in [0.5, 0.6) is 5.88 Å². The Morgan fingerprint density at radius 1 is 1.61 bits per heavy atom. The van der Waals surface area contributed by atoms with Gasteiger partial charge in [0, 0.05) is 12.2 Å². The van der Waals surface area contributed by atoms with Crippen LogP contribution in [-0.4, -0.2) is 22.1 Å². The van der Waals surface area contributed by atoms with Crippen LogP contribution in [0.3, 0.4) is 0 Å². The van der Waals surface area contributed by atoms with Gasteiger partial charge in [-0.1, -0.05) is 0 Å². The van der Waals surface area contributed by atoms with E-state index in [1.807, 2.05) is 0 Å². The molecule has 0 radical (unpaired) electrons. The summed E-state index contributed by atoms with van der Waals surface area (Å²) < 4.78 is 5.49. The van der Waals surface area contributed by atoms with E-state index in [4.69, 9.17) is 15.7 Å². The summed E-state index contributed by atoms with van der Waals surface area (Å²) in [5.74, 6) is -0.124. The first-order chi connectivity index (χ1) is 8.63. The van der Waals surface area contributed by atoms with Crippen molar-refractivity contribution in [3.05, 3.63) is 27.9 Å². The fourth-order valence-corrected chi connectivity index (χ4v) is 2.03. The summed E-state index contributed by atoms with van der Waals surface area (Å²) >= 11 is 0. The second-order valence-electron chi connectivity index (χ2n) is 4.13. The minimum absolute atomic E-state index is 0.0587. The average molecular weight is 248 g/mol. The zero-order chi connectivity index (χ0) is 13.1. The lowest BCUT2D eigenvalue weighted by Gasteiger charge is -2.16. The molecule has 2 unspecified atom stereocenters. The largest absolute Gasteiger partial charge is 0.468 e. The highest BCUT2D eigenvalue weighted by atomic mass is 16.6. The van der Waals surface area contributed by atoms with Crippen LogP contribution in [0.4, 0.5) is 5.69 Å². The van der Waals surface area contributed by atoms with Gasteiger partial charge in [0.25, 0.3) is 5.88 Å². The molecule has 1 heterocycles. The third-order valence-electron chi connectivity index (χ3n) is 2.96. The highest BCUT2D eigenvalue weighted by Gasteiger charge is 2.30. The fourth-order valence-electron chi connectivity index (χ4n) is 2.03. The summed E-state index contributed by atoms with van der Waals surface area (Å²) in [4.78, 5) is 14.1. The van der Waals surface area contributed by atoms with Gasteiger partial charge >= 0.3 is 5.69 Å². The molecule has 0 bridgehead atoms. The maximum absolute atomic E-state index is 11.0. The Hall–Kier alpha value is -2.20. The second-order valence-corrected chi connectivity index (χ2v) is 4.13. The lowest BCUT2D eigenvalue weighted by Crippen LogP contribution is -2.34. The number of pyridine rings is 1. The minimum atomic E-state index is -0.651. The Bertz CT molecular complexity index is 512. The second kappa shape index (κ2) is 4.98. The van der Waals surface area contributed by atoms with E-state index in [2.05, 4.69) is 4.98 Å². The summed E-state index contributed by atoms with van der Waals surface area (Å²) in [6.45, 7) is 0. The van der Waals surface area contributed by atoms with Crippen molar-refractivity contribution in [3.63, 3.8) is 0 Å². The number of ether oxygens (including phenoxy) is 1. The molecule has 7 heteroatoms. The van der Waals surface area contributed by atoms with Crippen LogP contribution in [0, 0.1) is 21.4 Å². The summed E-state index contributed by atoms with van der Waals surface area (Å²) in [7, 11) is 0. The molecule has 1 aliphatic carbocycles. The summed E-state index contributed by atoms with van der Waals surface area (Å²) in [5, 5.41) is 19.8. The predicted molar refractivity (Wildman–Crippen MR) is 61.8 cm³/mol. The van der Waals surface area contributed by atoms with Gasteiger partial charge in [-0.3, -0.25) is 10.1 Å². The van der Waals surface area contributed by atoms with Gasteiger partial charge in [0.15, 0.2) is 0 Å². The van der Waals surface area contributed by atoms with Gasteiger partial charge in [-0.2, -0.15) is 5.26 Å². The molecular formula is C11H12N4O3. The van der Waals surface area contributed by atoms with Crippen molar-refractivity contribution >= 4 is 5.69 Å². The van der Waals surface area contributed by atoms with Crippen LogP contribution in [0.2, 0.25) is 0 Å². The van der Waals surface area contributed by atoms with E-state index in [9.17, 15) is 10.1 Å². The molecule has 1 aliphatic rings. The van der Waals surface area contributed by atoms with Gasteiger partial charge in [-0.25, -0.2) is 4.98 Å². The van der Waals surface area contributed by atoms with Gasteiger partial charge in [-0.15, -0.1) is 0 Å². The van der Waals surface area contributed by atoms with Crippen molar-refractivity contribution < 1.29 is 9.66 Å². The van der Waals surface area contributed by atoms with Crippen LogP contribution < -0.4 is 10.5 Å². The lowest BCUT2D eigenvalue weighted by atomic mass is 10.2. The fraction of sp³-hybridized carbons (Fsp3) is 0.455. The number of nitrogens with two attached hydrogens (primary N) is 1. The SMILES string of the molecule is N#Cc1ccnc(OC2CCCC2N)c1[N+](=O)[O-]. The number of hydrogen-bond donors (Lipinski definition) is 1. The predicted octanol–water partition coefficient (Wildman–Crippen LogP) is 1.12. The molecule has 2 atom stereocenters. The number of nitro groups is 1. The van der Waals surface area contributed by atoms with Crippen molar-refractivity contribution in [2.24, 2.45) is 5.73 Å². The summed E-state index contributed by atoms with van der Waals surface area (Å²) in [6, 6.07) is 2.91. The monoisotopic (exact) mass is 248 g/mol. The molecule has 1 aromatic rings. The summed E-state index contributed by atoms with van der Waals surface area (Å²) in [5.41, 5.74) is 5.39. The molecule has 0 aliphatic heterocycles. The zero-order valence-electron chi connectivity index (χ0n) is 9.57.